The molecule has 8 rings (SSSR count). The van der Waals surface area contributed by atoms with Crippen LogP contribution in [-0.4, -0.2) is 31.9 Å². The van der Waals surface area contributed by atoms with Crippen molar-refractivity contribution in [2.75, 3.05) is 14.2 Å². The highest BCUT2D eigenvalue weighted by Gasteiger charge is 2.97. The predicted molar refractivity (Wildman–Crippen MR) is 91.7 cm³/mol. The lowest BCUT2D eigenvalue weighted by Gasteiger charge is -2.73. The van der Waals surface area contributed by atoms with Crippen molar-refractivity contribution in [2.45, 2.75) is 6.42 Å². The Bertz CT molecular complexity index is 911. The number of allylic oxidation sites excluding steroid dienone is 3. The molecule has 10 atom stereocenters. The molecular formula is C22H20O5. The predicted octanol–water partition coefficient (Wildman–Crippen LogP) is 1.70. The fraction of sp³-hybridized carbons (Fsp3) is 0.591. The smallest absolute Gasteiger partial charge is 0.334 e. The quantitative estimate of drug-likeness (QED) is 0.551. The monoisotopic (exact) mass is 364 g/mol. The highest BCUT2D eigenvalue weighted by atomic mass is 16.5. The third-order valence-corrected chi connectivity index (χ3v) is 9.74. The maximum Gasteiger partial charge on any atom is 0.334 e. The molecule has 0 aliphatic heterocycles. The summed E-state index contributed by atoms with van der Waals surface area (Å²) in [6.45, 7) is 4.53. The van der Waals surface area contributed by atoms with Crippen LogP contribution in [0.3, 0.4) is 0 Å². The van der Waals surface area contributed by atoms with E-state index in [0.717, 1.165) is 6.42 Å². The molecule has 8 aliphatic rings. The summed E-state index contributed by atoms with van der Waals surface area (Å²) < 4.78 is 10.1. The van der Waals surface area contributed by atoms with E-state index >= 15 is 0 Å². The molecule has 138 valence electrons. The van der Waals surface area contributed by atoms with E-state index in [1.807, 2.05) is 6.08 Å². The van der Waals surface area contributed by atoms with Crippen LogP contribution in [0.1, 0.15) is 6.42 Å². The zero-order valence-electron chi connectivity index (χ0n) is 15.2. The lowest BCUT2D eigenvalue weighted by Crippen LogP contribution is -2.74. The second kappa shape index (κ2) is 3.85. The number of ether oxygens (including phenoxy) is 2. The lowest BCUT2D eigenvalue weighted by molar-refractivity contribution is -0.206. The van der Waals surface area contributed by atoms with Gasteiger partial charge in [0.25, 0.3) is 0 Å². The average molecular weight is 364 g/mol. The number of fused-ring (bicyclic) bond motifs is 1. The van der Waals surface area contributed by atoms with Gasteiger partial charge in [0.15, 0.2) is 0 Å². The van der Waals surface area contributed by atoms with E-state index in [2.05, 4.69) is 12.7 Å². The molecule has 0 aromatic rings. The third-order valence-electron chi connectivity index (χ3n) is 9.74. The number of methoxy groups -OCH3 is 2. The fourth-order valence-electron chi connectivity index (χ4n) is 9.83. The first-order valence-electron chi connectivity index (χ1n) is 9.82. The Morgan fingerprint density at radius 3 is 2.07 bits per heavy atom. The summed E-state index contributed by atoms with van der Waals surface area (Å²) >= 11 is 0. The summed E-state index contributed by atoms with van der Waals surface area (Å²) in [7, 11) is 2.67. The summed E-state index contributed by atoms with van der Waals surface area (Å²) in [5, 5.41) is 0. The Morgan fingerprint density at radius 1 is 0.963 bits per heavy atom. The minimum atomic E-state index is -0.577. The number of carbonyl (C=O) groups excluding carboxylic acids is 3. The van der Waals surface area contributed by atoms with E-state index < -0.39 is 17.4 Å². The van der Waals surface area contributed by atoms with Crippen LogP contribution in [0.15, 0.2) is 35.5 Å². The number of rotatable bonds is 2. The third kappa shape index (κ3) is 0.977. The maximum absolute atomic E-state index is 13.8. The Labute approximate surface area is 156 Å². The molecule has 0 saturated heterocycles. The molecule has 0 aromatic carbocycles. The van der Waals surface area contributed by atoms with Crippen LogP contribution < -0.4 is 0 Å². The minimum absolute atomic E-state index is 0.0904. The van der Waals surface area contributed by atoms with Crippen LogP contribution in [0.2, 0.25) is 0 Å². The van der Waals surface area contributed by atoms with Gasteiger partial charge in [-0.3, -0.25) is 4.79 Å². The number of esters is 2. The van der Waals surface area contributed by atoms with Crippen LogP contribution in [0.5, 0.6) is 0 Å². The highest BCUT2D eigenvalue weighted by molar-refractivity contribution is 6.08. The SMILES string of the molecule is C=C1C2C3CC4C2C(=O)C25C4C3C12[C@H]1C=C[C@@H]5C(C(=O)OC)=C1C(=O)OC. The van der Waals surface area contributed by atoms with Gasteiger partial charge in [0.1, 0.15) is 5.78 Å². The summed E-state index contributed by atoms with van der Waals surface area (Å²) in [6, 6.07) is 0. The molecule has 8 aliphatic carbocycles. The Balaban J connectivity index is 1.59. The Kier molecular flexibility index (Phi) is 2.11. The van der Waals surface area contributed by atoms with E-state index in [0.29, 0.717) is 40.6 Å². The first kappa shape index (κ1) is 14.8. The van der Waals surface area contributed by atoms with Crippen molar-refractivity contribution in [1.29, 1.82) is 0 Å². The summed E-state index contributed by atoms with van der Waals surface area (Å²) in [5.41, 5.74) is 0.986. The Hall–Kier alpha value is -2.17. The molecule has 5 saturated carbocycles. The minimum Gasteiger partial charge on any atom is -0.466 e. The maximum atomic E-state index is 13.8. The summed E-state index contributed by atoms with van der Waals surface area (Å²) in [6.07, 6.45) is 5.16. The molecule has 5 nitrogen and oxygen atoms in total. The van der Waals surface area contributed by atoms with Gasteiger partial charge < -0.3 is 9.47 Å². The highest BCUT2D eigenvalue weighted by Crippen LogP contribution is 2.97. The molecule has 0 N–H and O–H groups in total. The van der Waals surface area contributed by atoms with E-state index in [9.17, 15) is 14.4 Å². The molecule has 0 heterocycles. The first-order chi connectivity index (χ1) is 13.0. The average Bonchev–Trinajstić information content (AvgIpc) is 3.22. The molecule has 0 amide bonds. The topological polar surface area (TPSA) is 69.7 Å². The first-order valence-corrected chi connectivity index (χ1v) is 9.82. The standard InChI is InChI=1S/C22H20O5/c1-7-12-8-6-9-13(12)18(23)22-11-5-4-10(21(7,22)16(8)17(9)22)14(19(24)26-2)15(11)20(25)27-3/h4-5,8-13,16-17H,1,6H2,2-3H3/t8?,9?,10-,11+,12?,13?,16?,17?,21?,22?/m0/s1. The van der Waals surface area contributed by atoms with Crippen LogP contribution in [-0.2, 0) is 23.9 Å². The van der Waals surface area contributed by atoms with Crippen LogP contribution in [0.25, 0.3) is 0 Å². The van der Waals surface area contributed by atoms with Crippen molar-refractivity contribution < 1.29 is 23.9 Å². The molecule has 5 fully saturated rings. The van der Waals surface area contributed by atoms with Gasteiger partial charge in [-0.1, -0.05) is 24.3 Å². The van der Waals surface area contributed by atoms with Crippen LogP contribution >= 0.6 is 0 Å². The van der Waals surface area contributed by atoms with Gasteiger partial charge in [-0.2, -0.15) is 0 Å². The van der Waals surface area contributed by atoms with Crippen molar-refractivity contribution in [3.8, 4) is 0 Å². The van der Waals surface area contributed by atoms with Crippen molar-refractivity contribution in [3.63, 3.8) is 0 Å². The van der Waals surface area contributed by atoms with Crippen molar-refractivity contribution in [1.82, 2.24) is 0 Å². The van der Waals surface area contributed by atoms with Crippen molar-refractivity contribution in [2.24, 2.45) is 58.2 Å². The van der Waals surface area contributed by atoms with Gasteiger partial charge in [0.05, 0.1) is 30.8 Å². The molecular weight excluding hydrogens is 344 g/mol. The van der Waals surface area contributed by atoms with Crippen molar-refractivity contribution >= 4 is 17.7 Å². The number of hydrogen-bond donors (Lipinski definition) is 0. The van der Waals surface area contributed by atoms with Gasteiger partial charge in [-0.05, 0) is 36.0 Å². The van der Waals surface area contributed by atoms with E-state index in [4.69, 9.17) is 9.47 Å². The second-order valence-corrected chi connectivity index (χ2v) is 9.44. The molecule has 2 spiro atoms. The fourth-order valence-corrected chi connectivity index (χ4v) is 9.83. The van der Waals surface area contributed by atoms with Gasteiger partial charge in [0.2, 0.25) is 0 Å². The second-order valence-electron chi connectivity index (χ2n) is 9.44. The van der Waals surface area contributed by atoms with Crippen LogP contribution in [0, 0.1) is 58.2 Å². The van der Waals surface area contributed by atoms with E-state index in [-0.39, 0.29) is 29.1 Å². The van der Waals surface area contributed by atoms with E-state index in [1.54, 1.807) is 0 Å². The van der Waals surface area contributed by atoms with Gasteiger partial charge in [-0.25, -0.2) is 9.59 Å². The number of ketones is 1. The largest absolute Gasteiger partial charge is 0.466 e. The van der Waals surface area contributed by atoms with Crippen molar-refractivity contribution in [3.05, 3.63) is 35.5 Å². The summed E-state index contributed by atoms with van der Waals surface area (Å²) in [4.78, 5) is 39.4. The molecule has 4 bridgehead atoms. The van der Waals surface area contributed by atoms with Gasteiger partial charge in [0, 0.05) is 23.2 Å². The molecule has 27 heavy (non-hydrogen) atoms. The normalized spacial score (nSPS) is 56.1. The number of hydrogen-bond acceptors (Lipinski definition) is 5. The number of Topliss-reactive ketones (excluding diaryl/α,β-unsaturated/α-hetero) is 1. The Morgan fingerprint density at radius 2 is 1.48 bits per heavy atom. The lowest BCUT2D eigenvalue weighted by atomic mass is 9.27. The van der Waals surface area contributed by atoms with Gasteiger partial charge >= 0.3 is 11.9 Å². The molecule has 8 unspecified atom stereocenters. The van der Waals surface area contributed by atoms with Crippen LogP contribution in [0.4, 0.5) is 0 Å². The molecule has 0 aromatic heterocycles. The van der Waals surface area contributed by atoms with Gasteiger partial charge in [-0.15, -0.1) is 0 Å². The zero-order chi connectivity index (χ0) is 18.6. The molecule has 5 heteroatoms. The number of carbonyl (C=O) groups is 3. The zero-order valence-corrected chi connectivity index (χ0v) is 15.2. The molecule has 0 radical (unpaired) electrons. The summed E-state index contributed by atoms with van der Waals surface area (Å²) in [5.74, 6) is 0.787. The van der Waals surface area contributed by atoms with E-state index in [1.165, 1.54) is 19.8 Å².